The average molecular weight is 536 g/mol. The molecule has 0 aliphatic heterocycles. The van der Waals surface area contributed by atoms with Gasteiger partial charge in [0.05, 0.1) is 13.3 Å². The molecule has 0 spiro atoms. The van der Waals surface area contributed by atoms with E-state index in [9.17, 15) is 79.4 Å². The van der Waals surface area contributed by atoms with Crippen molar-refractivity contribution in [3.63, 3.8) is 0 Å². The number of rotatable bonds is 12. The Balaban J connectivity index is 6.12. The van der Waals surface area contributed by atoms with E-state index < -0.39 is 80.3 Å². The maximum absolute atomic E-state index is 13.4. The van der Waals surface area contributed by atoms with Crippen molar-refractivity contribution in [1.29, 1.82) is 0 Å². The molecule has 0 fully saturated rings. The molecule has 0 aliphatic carbocycles. The molecule has 0 saturated carbocycles. The fourth-order valence-electron chi connectivity index (χ4n) is 1.66. The van der Waals surface area contributed by atoms with Crippen LogP contribution in [0.4, 0.5) is 79.4 Å². The minimum atomic E-state index is -8.53. The van der Waals surface area contributed by atoms with Gasteiger partial charge in [-0.2, -0.15) is 61.5 Å². The highest BCUT2D eigenvalue weighted by Gasteiger charge is 2.93. The van der Waals surface area contributed by atoms with Crippen LogP contribution in [0.2, 0.25) is 0 Å². The number of carbonyl (C=O) groups excluding carboxylic acids is 1. The summed E-state index contributed by atoms with van der Waals surface area (Å²) in [5.74, 6) is -55.7. The molecule has 0 radical (unpaired) electrons. The van der Waals surface area contributed by atoms with Gasteiger partial charge in [0.2, 0.25) is 0 Å². The van der Waals surface area contributed by atoms with Gasteiger partial charge in [0.1, 0.15) is 0 Å². The molecule has 0 saturated heterocycles. The summed E-state index contributed by atoms with van der Waals surface area (Å²) in [6.07, 6.45) is -8.97. The number of halogens is 17. The lowest BCUT2D eigenvalue weighted by Crippen LogP contribution is -2.74. The van der Waals surface area contributed by atoms with Crippen LogP contribution in [0, 0.1) is 0 Å². The first-order chi connectivity index (χ1) is 14.4. The Kier molecular flexibility index (Phi) is 8.83. The third-order valence-electron chi connectivity index (χ3n) is 3.60. The van der Waals surface area contributed by atoms with Gasteiger partial charge in [0, 0.05) is 6.42 Å². The highest BCUT2D eigenvalue weighted by molar-refractivity contribution is 5.59. The maximum atomic E-state index is 13.4. The van der Waals surface area contributed by atoms with Gasteiger partial charge in [0.15, 0.2) is 6.61 Å². The van der Waals surface area contributed by atoms with Crippen molar-refractivity contribution in [2.24, 2.45) is 0 Å². The molecule has 0 aromatic heterocycles. The van der Waals surface area contributed by atoms with Gasteiger partial charge in [0.25, 0.3) is 0 Å². The van der Waals surface area contributed by atoms with Gasteiger partial charge in [-0.05, 0) is 0 Å². The number of alkyl halides is 17. The monoisotopic (exact) mass is 536 g/mol. The van der Waals surface area contributed by atoms with Crippen LogP contribution in [0.5, 0.6) is 0 Å². The zero-order chi connectivity index (χ0) is 26.9. The second-order valence-electron chi connectivity index (χ2n) is 5.93. The lowest BCUT2D eigenvalue weighted by Gasteiger charge is -2.42. The summed E-state index contributed by atoms with van der Waals surface area (Å²) in [5, 5.41) is 0. The Morgan fingerprint density at radius 3 is 1.42 bits per heavy atom. The van der Waals surface area contributed by atoms with Crippen molar-refractivity contribution in [2.75, 3.05) is 19.9 Å². The van der Waals surface area contributed by atoms with Gasteiger partial charge in [-0.1, -0.05) is 0 Å². The molecule has 0 unspecified atom stereocenters. The van der Waals surface area contributed by atoms with Crippen LogP contribution in [0.3, 0.4) is 0 Å². The summed E-state index contributed by atoms with van der Waals surface area (Å²) in [6, 6.07) is 0. The van der Waals surface area contributed by atoms with Crippen molar-refractivity contribution >= 4 is 6.16 Å². The van der Waals surface area contributed by atoms with E-state index in [1.54, 1.807) is 0 Å². The zero-order valence-corrected chi connectivity index (χ0v) is 15.1. The first kappa shape index (κ1) is 31.1. The van der Waals surface area contributed by atoms with E-state index in [2.05, 4.69) is 9.47 Å². The quantitative estimate of drug-likeness (QED) is 0.169. The molecular formula is C13H9F17O3. The standard InChI is InChI=1S/C13H9F17O3/c14-2-1-3-32-6(31)33-4-7(17,18)9(21,22)11(25,26)13(29,30)12(27,28)10(23,24)8(19,20)5(15)16/h5H,1-4H2. The third kappa shape index (κ3) is 4.97. The molecule has 0 aliphatic rings. The van der Waals surface area contributed by atoms with Crippen LogP contribution in [-0.4, -0.2) is 73.9 Å². The number of hydrogen-bond acceptors (Lipinski definition) is 3. The molecule has 0 rings (SSSR count). The van der Waals surface area contributed by atoms with Crippen LogP contribution >= 0.6 is 0 Å². The third-order valence-corrected chi connectivity index (χ3v) is 3.60. The zero-order valence-electron chi connectivity index (χ0n) is 15.1. The van der Waals surface area contributed by atoms with E-state index in [0.29, 0.717) is 0 Å². The number of carbonyl (C=O) groups is 1. The lowest BCUT2D eigenvalue weighted by atomic mass is 9.89. The molecule has 198 valence electrons. The van der Waals surface area contributed by atoms with Crippen molar-refractivity contribution in [3.8, 4) is 0 Å². The molecule has 0 aromatic carbocycles. The normalized spacial score (nSPS) is 15.1. The summed E-state index contributed by atoms with van der Waals surface area (Å²) < 4.78 is 227. The highest BCUT2D eigenvalue weighted by Crippen LogP contribution is 2.62. The van der Waals surface area contributed by atoms with Crippen molar-refractivity contribution in [2.45, 2.75) is 54.3 Å². The molecule has 20 heteroatoms. The summed E-state index contributed by atoms with van der Waals surface area (Å²) in [4.78, 5) is 10.7. The average Bonchev–Trinajstić information content (AvgIpc) is 2.65. The Morgan fingerprint density at radius 2 is 1.03 bits per heavy atom. The number of ether oxygens (including phenoxy) is 2. The maximum Gasteiger partial charge on any atom is 0.508 e. The predicted octanol–water partition coefficient (Wildman–Crippen LogP) is 6.21. The van der Waals surface area contributed by atoms with E-state index >= 15 is 0 Å². The first-order valence-electron chi connectivity index (χ1n) is 7.68. The van der Waals surface area contributed by atoms with E-state index in [-0.39, 0.29) is 0 Å². The number of hydrogen-bond donors (Lipinski definition) is 0. The SMILES string of the molecule is O=C(OCCCF)OCC(F)(F)C(F)(F)C(F)(F)C(F)(F)C(F)(F)C(F)(F)C(F)(F)C(F)F. The minimum absolute atomic E-state index is 0.626. The van der Waals surface area contributed by atoms with E-state index in [4.69, 9.17) is 0 Å². The molecule has 3 nitrogen and oxygen atoms in total. The first-order valence-corrected chi connectivity index (χ1v) is 7.68. The highest BCUT2D eigenvalue weighted by atomic mass is 19.4. The molecule has 0 heterocycles. The molecular weight excluding hydrogens is 527 g/mol. The van der Waals surface area contributed by atoms with E-state index in [1.165, 1.54) is 0 Å². The van der Waals surface area contributed by atoms with Gasteiger partial charge >= 0.3 is 54.0 Å². The fraction of sp³-hybridized carbons (Fsp3) is 0.923. The van der Waals surface area contributed by atoms with Crippen LogP contribution in [0.15, 0.2) is 0 Å². The summed E-state index contributed by atoms with van der Waals surface area (Å²) in [7, 11) is 0. The smallest absolute Gasteiger partial charge is 0.434 e. The molecule has 0 amide bonds. The molecule has 0 N–H and O–H groups in total. The summed E-state index contributed by atoms with van der Waals surface area (Å²) in [6.45, 7) is -5.51. The molecule has 0 aromatic rings. The van der Waals surface area contributed by atoms with E-state index in [0.717, 1.165) is 0 Å². The Hall–Kier alpha value is -1.92. The van der Waals surface area contributed by atoms with Crippen LogP contribution in [0.25, 0.3) is 0 Å². The lowest BCUT2D eigenvalue weighted by molar-refractivity contribution is -0.447. The largest absolute Gasteiger partial charge is 0.508 e. The van der Waals surface area contributed by atoms with E-state index in [1.807, 2.05) is 0 Å². The second kappa shape index (κ2) is 9.38. The topological polar surface area (TPSA) is 35.5 Å². The van der Waals surface area contributed by atoms with Gasteiger partial charge < -0.3 is 9.47 Å². The minimum Gasteiger partial charge on any atom is -0.434 e. The van der Waals surface area contributed by atoms with Crippen LogP contribution in [0.1, 0.15) is 6.42 Å². The molecule has 33 heavy (non-hydrogen) atoms. The molecule has 0 bridgehead atoms. The van der Waals surface area contributed by atoms with Crippen molar-refractivity contribution in [1.82, 2.24) is 0 Å². The van der Waals surface area contributed by atoms with Gasteiger partial charge in [-0.25, -0.2) is 13.6 Å². The summed E-state index contributed by atoms with van der Waals surface area (Å²) in [5.41, 5.74) is 0. The Labute approximate surface area is 170 Å². The fourth-order valence-corrected chi connectivity index (χ4v) is 1.66. The predicted molar refractivity (Wildman–Crippen MR) is 68.5 cm³/mol. The second-order valence-corrected chi connectivity index (χ2v) is 5.93. The molecule has 0 atom stereocenters. The van der Waals surface area contributed by atoms with Crippen molar-refractivity contribution < 1.29 is 88.9 Å². The van der Waals surface area contributed by atoms with Crippen LogP contribution < -0.4 is 0 Å². The van der Waals surface area contributed by atoms with Gasteiger partial charge in [-0.3, -0.25) is 4.39 Å². The van der Waals surface area contributed by atoms with Crippen molar-refractivity contribution in [3.05, 3.63) is 0 Å². The summed E-state index contributed by atoms with van der Waals surface area (Å²) >= 11 is 0. The Morgan fingerprint density at radius 1 is 0.636 bits per heavy atom. The van der Waals surface area contributed by atoms with Crippen LogP contribution in [-0.2, 0) is 9.47 Å². The Bertz CT molecular complexity index is 675. The van der Waals surface area contributed by atoms with Gasteiger partial charge in [-0.15, -0.1) is 0 Å².